The van der Waals surface area contributed by atoms with Gasteiger partial charge in [0.1, 0.15) is 6.61 Å². The normalized spacial score (nSPS) is 12.5. The Balaban J connectivity index is 3.43. The molecule has 0 aromatic carbocycles. The fourth-order valence-corrected chi connectivity index (χ4v) is 9.76. The zero-order valence-electron chi connectivity index (χ0n) is 48.9. The molecule has 0 amide bonds. The van der Waals surface area contributed by atoms with E-state index in [4.69, 9.17) is 9.47 Å². The molecule has 0 saturated carbocycles. The molecule has 0 aliphatic rings. The quantitative estimate of drug-likeness (QED) is 0.0373. The van der Waals surface area contributed by atoms with Crippen LogP contribution in [-0.2, 0) is 19.1 Å². The summed E-state index contributed by atoms with van der Waals surface area (Å²) in [6.07, 6.45) is 86.6. The fraction of sp³-hybridized carbons (Fsp3) is 0.824. The molecular weight excluding hydrogens is 897 g/mol. The third-order valence-corrected chi connectivity index (χ3v) is 14.6. The van der Waals surface area contributed by atoms with Crippen LogP contribution in [0, 0.1) is 0 Å². The predicted octanol–water partition coefficient (Wildman–Crippen LogP) is 22.1. The average molecular weight is 1020 g/mol. The van der Waals surface area contributed by atoms with Crippen molar-refractivity contribution in [3.8, 4) is 0 Å². The van der Waals surface area contributed by atoms with Crippen LogP contribution in [0.1, 0.15) is 341 Å². The summed E-state index contributed by atoms with van der Waals surface area (Å²) in [7, 11) is 0. The van der Waals surface area contributed by atoms with Gasteiger partial charge in [-0.05, 0) is 57.8 Å². The first-order valence-corrected chi connectivity index (χ1v) is 32.3. The summed E-state index contributed by atoms with van der Waals surface area (Å²) in [4.78, 5) is 24.6. The van der Waals surface area contributed by atoms with E-state index in [2.05, 4.69) is 74.6 Å². The van der Waals surface area contributed by atoms with Crippen LogP contribution in [-0.4, -0.2) is 36.4 Å². The van der Waals surface area contributed by atoms with Gasteiger partial charge in [-0.25, -0.2) is 0 Å². The SMILES string of the molecule is CC/C=C\C/C=C\C/C=C\C/C=C\C/C=C\CCCCCCCCCCCCCCCC(=O)OC(CO)COC(=O)CCCCCCCCCCCCCCCCCCCCCCCCCCCCCCCC. The molecule has 0 rings (SSSR count). The summed E-state index contributed by atoms with van der Waals surface area (Å²) in [5.41, 5.74) is 0. The maximum atomic E-state index is 12.3. The van der Waals surface area contributed by atoms with Gasteiger partial charge in [0.25, 0.3) is 0 Å². The first kappa shape index (κ1) is 70.6. The van der Waals surface area contributed by atoms with Crippen molar-refractivity contribution in [1.29, 1.82) is 0 Å². The molecular formula is C68H124O5. The second kappa shape index (κ2) is 63.9. The molecule has 1 atom stereocenters. The highest BCUT2D eigenvalue weighted by Gasteiger charge is 2.16. The molecule has 0 aromatic heterocycles. The van der Waals surface area contributed by atoms with E-state index in [-0.39, 0.29) is 25.2 Å². The Morgan fingerprint density at radius 3 is 0.890 bits per heavy atom. The third kappa shape index (κ3) is 62.0. The first-order valence-electron chi connectivity index (χ1n) is 32.3. The number of aliphatic hydroxyl groups excluding tert-OH is 1. The lowest BCUT2D eigenvalue weighted by Crippen LogP contribution is -2.28. The molecule has 426 valence electrons. The van der Waals surface area contributed by atoms with Crippen molar-refractivity contribution in [2.75, 3.05) is 13.2 Å². The van der Waals surface area contributed by atoms with Crippen molar-refractivity contribution >= 4 is 11.9 Å². The van der Waals surface area contributed by atoms with Gasteiger partial charge in [0.05, 0.1) is 6.61 Å². The summed E-state index contributed by atoms with van der Waals surface area (Å²) in [5, 5.41) is 9.69. The molecule has 0 saturated heterocycles. The second-order valence-electron chi connectivity index (χ2n) is 21.8. The summed E-state index contributed by atoms with van der Waals surface area (Å²) in [6, 6.07) is 0. The van der Waals surface area contributed by atoms with Crippen LogP contribution in [0.25, 0.3) is 0 Å². The lowest BCUT2D eigenvalue weighted by molar-refractivity contribution is -0.161. The zero-order valence-corrected chi connectivity index (χ0v) is 48.9. The van der Waals surface area contributed by atoms with Crippen molar-refractivity contribution in [2.45, 2.75) is 347 Å². The molecule has 1 unspecified atom stereocenters. The number of esters is 2. The minimum Gasteiger partial charge on any atom is -0.462 e. The highest BCUT2D eigenvalue weighted by Crippen LogP contribution is 2.18. The maximum absolute atomic E-state index is 12.3. The van der Waals surface area contributed by atoms with Gasteiger partial charge in [-0.2, -0.15) is 0 Å². The molecule has 0 radical (unpaired) electrons. The Morgan fingerprint density at radius 1 is 0.329 bits per heavy atom. The number of allylic oxidation sites excluding steroid dienone is 10. The van der Waals surface area contributed by atoms with Crippen LogP contribution in [0.4, 0.5) is 0 Å². The zero-order chi connectivity index (χ0) is 52.7. The lowest BCUT2D eigenvalue weighted by Gasteiger charge is -2.15. The van der Waals surface area contributed by atoms with Gasteiger partial charge in [-0.1, -0.05) is 331 Å². The van der Waals surface area contributed by atoms with Crippen LogP contribution >= 0.6 is 0 Å². The Kier molecular flexibility index (Phi) is 61.8. The Hall–Kier alpha value is -2.40. The Bertz CT molecular complexity index is 1250. The number of hydrogen-bond donors (Lipinski definition) is 1. The smallest absolute Gasteiger partial charge is 0.306 e. The standard InChI is InChI=1S/C68H124O5/c1-3-5-7-9-11-13-15-17-19-21-23-25-27-29-31-33-35-36-38-40-42-44-46-48-50-52-54-56-58-60-62-67(70)72-65-66(64-69)73-68(71)63-61-59-57-55-53-51-49-47-45-43-41-39-37-34-32-30-28-26-24-22-20-18-16-14-12-10-8-6-4-2/h6,8,12,14,18,20,24,26,30,32,66,69H,3-5,7,9-11,13,15-17,19,21-23,25,27-29,31,33-65H2,1-2H3/b8-6-,14-12-,20-18-,26-24-,32-30-. The maximum Gasteiger partial charge on any atom is 0.306 e. The van der Waals surface area contributed by atoms with Crippen LogP contribution in [0.2, 0.25) is 0 Å². The van der Waals surface area contributed by atoms with Gasteiger partial charge in [-0.15, -0.1) is 0 Å². The van der Waals surface area contributed by atoms with E-state index in [1.807, 2.05) is 0 Å². The van der Waals surface area contributed by atoms with Crippen molar-refractivity contribution < 1.29 is 24.2 Å². The number of rotatable bonds is 60. The van der Waals surface area contributed by atoms with E-state index < -0.39 is 6.10 Å². The van der Waals surface area contributed by atoms with E-state index in [1.165, 1.54) is 244 Å². The molecule has 73 heavy (non-hydrogen) atoms. The molecule has 0 aliphatic heterocycles. The molecule has 5 heteroatoms. The van der Waals surface area contributed by atoms with E-state index in [0.29, 0.717) is 12.8 Å². The predicted molar refractivity (Wildman–Crippen MR) is 320 cm³/mol. The number of ether oxygens (including phenoxy) is 2. The number of unbranched alkanes of at least 4 members (excludes halogenated alkanes) is 42. The fourth-order valence-electron chi connectivity index (χ4n) is 9.76. The van der Waals surface area contributed by atoms with Gasteiger partial charge in [0.15, 0.2) is 6.10 Å². The minimum absolute atomic E-state index is 0.0630. The van der Waals surface area contributed by atoms with Gasteiger partial charge < -0.3 is 14.6 Å². The van der Waals surface area contributed by atoms with Gasteiger partial charge in [-0.3, -0.25) is 9.59 Å². The molecule has 0 spiro atoms. The van der Waals surface area contributed by atoms with Crippen molar-refractivity contribution in [2.24, 2.45) is 0 Å². The summed E-state index contributed by atoms with van der Waals surface area (Å²) in [5.74, 6) is -0.575. The minimum atomic E-state index is -0.774. The monoisotopic (exact) mass is 1020 g/mol. The van der Waals surface area contributed by atoms with Gasteiger partial charge in [0, 0.05) is 12.8 Å². The lowest BCUT2D eigenvalue weighted by atomic mass is 10.0. The summed E-state index contributed by atoms with van der Waals surface area (Å²) < 4.78 is 10.7. The largest absolute Gasteiger partial charge is 0.462 e. The number of hydrogen-bond acceptors (Lipinski definition) is 5. The molecule has 0 bridgehead atoms. The van der Waals surface area contributed by atoms with Crippen molar-refractivity contribution in [3.05, 3.63) is 60.8 Å². The molecule has 0 fully saturated rings. The molecule has 0 aromatic rings. The Labute approximate surface area is 455 Å². The topological polar surface area (TPSA) is 72.8 Å². The van der Waals surface area contributed by atoms with Crippen LogP contribution in [0.15, 0.2) is 60.8 Å². The highest BCUT2D eigenvalue weighted by atomic mass is 16.6. The summed E-state index contributed by atoms with van der Waals surface area (Å²) in [6.45, 7) is 4.08. The van der Waals surface area contributed by atoms with Crippen molar-refractivity contribution in [1.82, 2.24) is 0 Å². The van der Waals surface area contributed by atoms with Crippen LogP contribution in [0.5, 0.6) is 0 Å². The number of aliphatic hydroxyl groups is 1. The van der Waals surface area contributed by atoms with E-state index in [1.54, 1.807) is 0 Å². The highest BCUT2D eigenvalue weighted by molar-refractivity contribution is 5.70. The van der Waals surface area contributed by atoms with E-state index in [0.717, 1.165) is 70.6 Å². The van der Waals surface area contributed by atoms with Crippen LogP contribution < -0.4 is 0 Å². The third-order valence-electron chi connectivity index (χ3n) is 14.6. The molecule has 0 aliphatic carbocycles. The average Bonchev–Trinajstić information content (AvgIpc) is 3.39. The number of carbonyl (C=O) groups excluding carboxylic acids is 2. The molecule has 1 N–H and O–H groups in total. The molecule has 5 nitrogen and oxygen atoms in total. The van der Waals surface area contributed by atoms with Gasteiger partial charge in [0.2, 0.25) is 0 Å². The first-order chi connectivity index (χ1) is 36.1. The van der Waals surface area contributed by atoms with E-state index >= 15 is 0 Å². The van der Waals surface area contributed by atoms with Crippen LogP contribution in [0.3, 0.4) is 0 Å². The van der Waals surface area contributed by atoms with Gasteiger partial charge >= 0.3 is 11.9 Å². The Morgan fingerprint density at radius 2 is 0.589 bits per heavy atom. The van der Waals surface area contributed by atoms with Crippen molar-refractivity contribution in [3.63, 3.8) is 0 Å². The summed E-state index contributed by atoms with van der Waals surface area (Å²) >= 11 is 0. The second-order valence-corrected chi connectivity index (χ2v) is 21.8. The number of carbonyl (C=O) groups is 2. The molecule has 0 heterocycles. The van der Waals surface area contributed by atoms with E-state index in [9.17, 15) is 14.7 Å².